The van der Waals surface area contributed by atoms with Crippen LogP contribution in [0.5, 0.6) is 0 Å². The molecule has 1 aliphatic rings. The van der Waals surface area contributed by atoms with Crippen LogP contribution < -0.4 is 5.14 Å². The zero-order valence-corrected chi connectivity index (χ0v) is 10.7. The van der Waals surface area contributed by atoms with Gasteiger partial charge in [-0.2, -0.15) is 0 Å². The minimum absolute atomic E-state index is 0.286. The Balaban J connectivity index is 2.18. The molecular formula is C12H16FNO3S. The number of halogens is 1. The molecule has 1 saturated heterocycles. The van der Waals surface area contributed by atoms with Gasteiger partial charge in [0.1, 0.15) is 5.82 Å². The second-order valence-corrected chi connectivity index (χ2v) is 6.33. The van der Waals surface area contributed by atoms with Gasteiger partial charge in [0.15, 0.2) is 0 Å². The summed E-state index contributed by atoms with van der Waals surface area (Å²) in [7, 11) is -3.61. The van der Waals surface area contributed by atoms with Gasteiger partial charge in [-0.1, -0.05) is 18.2 Å². The van der Waals surface area contributed by atoms with E-state index in [1.54, 1.807) is 18.2 Å². The minimum atomic E-state index is -3.61. The van der Waals surface area contributed by atoms with Crippen molar-refractivity contribution in [3.63, 3.8) is 0 Å². The van der Waals surface area contributed by atoms with Crippen LogP contribution in [-0.2, 0) is 21.2 Å². The first-order chi connectivity index (χ1) is 8.48. The molecule has 0 bridgehead atoms. The monoisotopic (exact) mass is 273 g/mol. The number of hydrogen-bond donors (Lipinski definition) is 1. The molecule has 6 heteroatoms. The van der Waals surface area contributed by atoms with Crippen LogP contribution in [0.4, 0.5) is 4.39 Å². The molecule has 18 heavy (non-hydrogen) atoms. The molecule has 2 atom stereocenters. The maximum atomic E-state index is 13.5. The summed E-state index contributed by atoms with van der Waals surface area (Å²) in [6.07, 6.45) is 0.700. The number of benzene rings is 1. The van der Waals surface area contributed by atoms with Crippen LogP contribution in [0.25, 0.3) is 0 Å². The van der Waals surface area contributed by atoms with E-state index < -0.39 is 15.3 Å². The standard InChI is InChI=1S/C12H16FNO3S/c13-11-4-2-1-3-9(11)7-10-8-17-6-5-12(10)18(14,15)16/h1-4,10,12H,5-8H2,(H2,14,15,16)/t10-,12-/m0/s1. The molecule has 100 valence electrons. The average molecular weight is 273 g/mol. The molecule has 1 aliphatic heterocycles. The van der Waals surface area contributed by atoms with Gasteiger partial charge < -0.3 is 4.74 Å². The van der Waals surface area contributed by atoms with Crippen LogP contribution in [-0.4, -0.2) is 26.9 Å². The van der Waals surface area contributed by atoms with Gasteiger partial charge in [0, 0.05) is 12.5 Å². The minimum Gasteiger partial charge on any atom is -0.381 e. The van der Waals surface area contributed by atoms with Crippen molar-refractivity contribution in [3.05, 3.63) is 35.6 Å². The second kappa shape index (κ2) is 5.34. The van der Waals surface area contributed by atoms with Crippen molar-refractivity contribution in [1.82, 2.24) is 0 Å². The van der Waals surface area contributed by atoms with E-state index in [1.165, 1.54) is 6.07 Å². The van der Waals surface area contributed by atoms with Crippen molar-refractivity contribution < 1.29 is 17.5 Å². The molecule has 4 nitrogen and oxygen atoms in total. The van der Waals surface area contributed by atoms with E-state index in [0.29, 0.717) is 31.6 Å². The third kappa shape index (κ3) is 3.07. The lowest BCUT2D eigenvalue weighted by Crippen LogP contribution is -2.42. The Morgan fingerprint density at radius 1 is 1.39 bits per heavy atom. The van der Waals surface area contributed by atoms with Crippen LogP contribution in [0.15, 0.2) is 24.3 Å². The molecule has 0 saturated carbocycles. The van der Waals surface area contributed by atoms with Gasteiger partial charge in [0.2, 0.25) is 10.0 Å². The molecule has 0 radical (unpaired) electrons. The van der Waals surface area contributed by atoms with Crippen molar-refractivity contribution in [2.24, 2.45) is 11.1 Å². The number of rotatable bonds is 3. The highest BCUT2D eigenvalue weighted by atomic mass is 32.2. The topological polar surface area (TPSA) is 69.4 Å². The summed E-state index contributed by atoms with van der Waals surface area (Å²) in [5, 5.41) is 4.57. The van der Waals surface area contributed by atoms with Gasteiger partial charge in [-0.25, -0.2) is 17.9 Å². The predicted molar refractivity (Wildman–Crippen MR) is 65.9 cm³/mol. The van der Waals surface area contributed by atoms with Crippen molar-refractivity contribution in [3.8, 4) is 0 Å². The highest BCUT2D eigenvalue weighted by Gasteiger charge is 2.34. The smallest absolute Gasteiger partial charge is 0.212 e. The largest absolute Gasteiger partial charge is 0.381 e. The van der Waals surface area contributed by atoms with Gasteiger partial charge in [-0.15, -0.1) is 0 Å². The van der Waals surface area contributed by atoms with Crippen LogP contribution in [0, 0.1) is 11.7 Å². The fourth-order valence-electron chi connectivity index (χ4n) is 2.35. The first-order valence-corrected chi connectivity index (χ1v) is 7.42. The molecule has 2 rings (SSSR count). The van der Waals surface area contributed by atoms with Gasteiger partial charge >= 0.3 is 0 Å². The first-order valence-electron chi connectivity index (χ1n) is 5.81. The quantitative estimate of drug-likeness (QED) is 0.895. The number of ether oxygens (including phenoxy) is 1. The van der Waals surface area contributed by atoms with Crippen LogP contribution in [0.2, 0.25) is 0 Å². The van der Waals surface area contributed by atoms with Crippen LogP contribution >= 0.6 is 0 Å². The molecule has 1 aromatic rings. The van der Waals surface area contributed by atoms with E-state index >= 15 is 0 Å². The average Bonchev–Trinajstić information content (AvgIpc) is 2.31. The highest BCUT2D eigenvalue weighted by Crippen LogP contribution is 2.25. The number of sulfonamides is 1. The SMILES string of the molecule is NS(=O)(=O)[C@H]1CCOC[C@@H]1Cc1ccccc1F. The summed E-state index contributed by atoms with van der Waals surface area (Å²) in [6.45, 7) is 0.685. The third-order valence-corrected chi connectivity index (χ3v) is 4.73. The fourth-order valence-corrected chi connectivity index (χ4v) is 3.48. The Morgan fingerprint density at radius 3 is 2.78 bits per heavy atom. The summed E-state index contributed by atoms with van der Waals surface area (Å²) in [4.78, 5) is 0. The number of nitrogens with two attached hydrogens (primary N) is 1. The molecule has 0 aromatic heterocycles. The Hall–Kier alpha value is -0.980. The molecule has 2 N–H and O–H groups in total. The van der Waals surface area contributed by atoms with Crippen molar-refractivity contribution >= 4 is 10.0 Å². The Morgan fingerprint density at radius 2 is 2.11 bits per heavy atom. The summed E-state index contributed by atoms with van der Waals surface area (Å²) < 4.78 is 41.8. The zero-order chi connectivity index (χ0) is 13.2. The molecule has 0 aliphatic carbocycles. The van der Waals surface area contributed by atoms with E-state index in [2.05, 4.69) is 0 Å². The lowest BCUT2D eigenvalue weighted by Gasteiger charge is -2.30. The Bertz CT molecular complexity index is 518. The van der Waals surface area contributed by atoms with E-state index in [0.717, 1.165) is 0 Å². The van der Waals surface area contributed by atoms with Crippen LogP contribution in [0.1, 0.15) is 12.0 Å². The third-order valence-electron chi connectivity index (χ3n) is 3.27. The van der Waals surface area contributed by atoms with Crippen LogP contribution in [0.3, 0.4) is 0 Å². The van der Waals surface area contributed by atoms with E-state index in [9.17, 15) is 12.8 Å². The van der Waals surface area contributed by atoms with Gasteiger partial charge in [-0.3, -0.25) is 0 Å². The second-order valence-electron chi connectivity index (χ2n) is 4.55. The molecule has 1 fully saturated rings. The van der Waals surface area contributed by atoms with Gasteiger partial charge in [-0.05, 0) is 24.5 Å². The van der Waals surface area contributed by atoms with Gasteiger partial charge in [0.05, 0.1) is 11.9 Å². The van der Waals surface area contributed by atoms with Crippen molar-refractivity contribution in [2.75, 3.05) is 13.2 Å². The lowest BCUT2D eigenvalue weighted by atomic mass is 9.93. The van der Waals surface area contributed by atoms with Gasteiger partial charge in [0.25, 0.3) is 0 Å². The molecule has 0 spiro atoms. The maximum absolute atomic E-state index is 13.5. The molecule has 0 unspecified atom stereocenters. The van der Waals surface area contributed by atoms with Crippen molar-refractivity contribution in [2.45, 2.75) is 18.1 Å². The summed E-state index contributed by atoms with van der Waals surface area (Å²) in [6, 6.07) is 6.36. The summed E-state index contributed by atoms with van der Waals surface area (Å²) in [5.41, 5.74) is 0.502. The van der Waals surface area contributed by atoms with E-state index in [-0.39, 0.29) is 11.7 Å². The maximum Gasteiger partial charge on any atom is 0.212 e. The Labute approximate surface area is 106 Å². The normalized spacial score (nSPS) is 25.0. The van der Waals surface area contributed by atoms with E-state index in [4.69, 9.17) is 9.88 Å². The molecule has 1 heterocycles. The number of primary sulfonamides is 1. The fraction of sp³-hybridized carbons (Fsp3) is 0.500. The zero-order valence-electron chi connectivity index (χ0n) is 9.88. The van der Waals surface area contributed by atoms with Crippen molar-refractivity contribution in [1.29, 1.82) is 0 Å². The first kappa shape index (κ1) is 13.5. The lowest BCUT2D eigenvalue weighted by molar-refractivity contribution is 0.0570. The number of hydrogen-bond acceptors (Lipinski definition) is 3. The van der Waals surface area contributed by atoms with E-state index in [1.807, 2.05) is 0 Å². The highest BCUT2D eigenvalue weighted by molar-refractivity contribution is 7.89. The predicted octanol–water partition coefficient (Wildman–Crippen LogP) is 1.06. The molecular weight excluding hydrogens is 257 g/mol. The summed E-state index contributed by atoms with van der Waals surface area (Å²) >= 11 is 0. The summed E-state index contributed by atoms with van der Waals surface area (Å²) in [5.74, 6) is -0.609. The Kier molecular flexibility index (Phi) is 3.99. The molecule has 1 aromatic carbocycles. The molecule has 0 amide bonds.